The van der Waals surface area contributed by atoms with Crippen LogP contribution >= 0.6 is 0 Å². The van der Waals surface area contributed by atoms with Gasteiger partial charge in [-0.1, -0.05) is 30.3 Å². The summed E-state index contributed by atoms with van der Waals surface area (Å²) >= 11 is 0. The maximum Gasteiger partial charge on any atom is 0.277 e. The minimum Gasteiger partial charge on any atom is -0.293 e. The molecule has 0 aliphatic rings. The number of rotatable bonds is 6. The van der Waals surface area contributed by atoms with Gasteiger partial charge in [-0.05, 0) is 13.8 Å². The van der Waals surface area contributed by atoms with Crippen LogP contribution in [0.3, 0.4) is 0 Å². The molecule has 0 fully saturated rings. The summed E-state index contributed by atoms with van der Waals surface area (Å²) in [5.41, 5.74) is 0.486. The number of benzene rings is 1. The number of Topliss-reactive ketones (excluding diaryl/α,β-unsaturated/α-hetero) is 1. The molecule has 0 aliphatic heterocycles. The molecule has 0 bridgehead atoms. The quantitative estimate of drug-likeness (QED) is 0.736. The smallest absolute Gasteiger partial charge is 0.277 e. The predicted molar refractivity (Wildman–Crippen MR) is 66.0 cm³/mol. The van der Waals surface area contributed by atoms with Crippen molar-refractivity contribution in [2.24, 2.45) is 0 Å². The van der Waals surface area contributed by atoms with Crippen molar-refractivity contribution in [1.82, 2.24) is 9.44 Å². The lowest BCUT2D eigenvalue weighted by atomic mass is 10.1. The largest absolute Gasteiger partial charge is 0.293 e. The molecule has 6 heteroatoms. The number of carbonyl (C=O) groups excluding carboxylic acids is 1. The second kappa shape index (κ2) is 5.90. The number of nitrogens with one attached hydrogen (secondary N) is 2. The molecule has 1 aromatic carbocycles. The van der Waals surface area contributed by atoms with Gasteiger partial charge in [0.25, 0.3) is 10.2 Å². The van der Waals surface area contributed by atoms with Gasteiger partial charge < -0.3 is 0 Å². The zero-order chi connectivity index (χ0) is 12.9. The van der Waals surface area contributed by atoms with Crippen LogP contribution in [0.1, 0.15) is 24.2 Å². The zero-order valence-electron chi connectivity index (χ0n) is 9.80. The molecule has 0 radical (unpaired) electrons. The lowest BCUT2D eigenvalue weighted by Crippen LogP contribution is -2.42. The van der Waals surface area contributed by atoms with E-state index in [9.17, 15) is 13.2 Å². The highest BCUT2D eigenvalue weighted by molar-refractivity contribution is 7.87. The van der Waals surface area contributed by atoms with E-state index in [0.29, 0.717) is 5.56 Å². The third-order valence-electron chi connectivity index (χ3n) is 1.91. The van der Waals surface area contributed by atoms with E-state index in [4.69, 9.17) is 0 Å². The molecular formula is C11H16N2O3S. The predicted octanol–water partition coefficient (Wildman–Crippen LogP) is 0.702. The second-order valence-corrected chi connectivity index (χ2v) is 5.42. The fourth-order valence-corrected chi connectivity index (χ4v) is 2.26. The monoisotopic (exact) mass is 256 g/mol. The van der Waals surface area contributed by atoms with Crippen LogP contribution in [0.2, 0.25) is 0 Å². The third-order valence-corrected chi connectivity index (χ3v) is 3.22. The van der Waals surface area contributed by atoms with Crippen molar-refractivity contribution >= 4 is 16.0 Å². The van der Waals surface area contributed by atoms with Crippen molar-refractivity contribution in [3.8, 4) is 0 Å². The molecule has 0 atom stereocenters. The highest BCUT2D eigenvalue weighted by atomic mass is 32.2. The van der Waals surface area contributed by atoms with Crippen LogP contribution in [0.15, 0.2) is 30.3 Å². The Labute approximate surface area is 101 Å². The standard InChI is InChI=1S/C11H16N2O3S/c1-9(2)13-17(15,16)12-8-11(14)10-6-4-3-5-7-10/h3-7,9,12-13H,8H2,1-2H3. The Morgan fingerprint density at radius 3 is 2.35 bits per heavy atom. The lowest BCUT2D eigenvalue weighted by molar-refractivity contribution is 0.0997. The molecule has 1 rings (SSSR count). The third kappa shape index (κ3) is 5.08. The molecule has 0 saturated carbocycles. The Kier molecular flexibility index (Phi) is 4.80. The van der Waals surface area contributed by atoms with E-state index >= 15 is 0 Å². The highest BCUT2D eigenvalue weighted by Gasteiger charge is 2.13. The van der Waals surface area contributed by atoms with Crippen LogP contribution in [0.25, 0.3) is 0 Å². The van der Waals surface area contributed by atoms with Crippen LogP contribution < -0.4 is 9.44 Å². The first-order chi connectivity index (χ1) is 7.91. The van der Waals surface area contributed by atoms with E-state index in [2.05, 4.69) is 9.44 Å². The maximum atomic E-state index is 11.6. The number of hydrogen-bond donors (Lipinski definition) is 2. The molecule has 0 spiro atoms. The van der Waals surface area contributed by atoms with Crippen molar-refractivity contribution in [1.29, 1.82) is 0 Å². The molecule has 2 N–H and O–H groups in total. The van der Waals surface area contributed by atoms with Crippen LogP contribution in [0.5, 0.6) is 0 Å². The minimum atomic E-state index is -3.60. The van der Waals surface area contributed by atoms with Crippen molar-refractivity contribution < 1.29 is 13.2 Å². The van der Waals surface area contributed by atoms with Crippen molar-refractivity contribution in [2.75, 3.05) is 6.54 Å². The molecule has 0 amide bonds. The summed E-state index contributed by atoms with van der Waals surface area (Å²) in [7, 11) is -3.60. The van der Waals surface area contributed by atoms with Crippen molar-refractivity contribution in [3.63, 3.8) is 0 Å². The average Bonchev–Trinajstić information content (AvgIpc) is 2.25. The molecule has 5 nitrogen and oxygen atoms in total. The van der Waals surface area contributed by atoms with Crippen LogP contribution in [0.4, 0.5) is 0 Å². The summed E-state index contributed by atoms with van der Waals surface area (Å²) in [5, 5.41) is 0. The maximum absolute atomic E-state index is 11.6. The molecular weight excluding hydrogens is 240 g/mol. The van der Waals surface area contributed by atoms with Crippen LogP contribution in [-0.2, 0) is 10.2 Å². The topological polar surface area (TPSA) is 75.3 Å². The van der Waals surface area contributed by atoms with E-state index < -0.39 is 10.2 Å². The normalized spacial score (nSPS) is 11.7. The zero-order valence-corrected chi connectivity index (χ0v) is 10.6. The summed E-state index contributed by atoms with van der Waals surface area (Å²) in [6.07, 6.45) is 0. The first-order valence-corrected chi connectivity index (χ1v) is 6.74. The molecule has 1 aromatic rings. The molecule has 0 aromatic heterocycles. The van der Waals surface area contributed by atoms with Gasteiger partial charge in [-0.25, -0.2) is 0 Å². The SMILES string of the molecule is CC(C)NS(=O)(=O)NCC(=O)c1ccccc1. The summed E-state index contributed by atoms with van der Waals surface area (Å²) in [4.78, 5) is 11.6. The Morgan fingerprint density at radius 2 is 1.82 bits per heavy atom. The first kappa shape index (κ1) is 13.8. The van der Waals surface area contributed by atoms with Gasteiger partial charge in [-0.15, -0.1) is 0 Å². The van der Waals surface area contributed by atoms with Crippen molar-refractivity contribution in [2.45, 2.75) is 19.9 Å². The highest BCUT2D eigenvalue weighted by Crippen LogP contribution is 1.99. The molecule has 0 heterocycles. The molecule has 0 unspecified atom stereocenters. The molecule has 94 valence electrons. The van der Waals surface area contributed by atoms with Gasteiger partial charge >= 0.3 is 0 Å². The molecule has 0 aliphatic carbocycles. The van der Waals surface area contributed by atoms with Gasteiger partial charge in [0.05, 0.1) is 6.54 Å². The lowest BCUT2D eigenvalue weighted by Gasteiger charge is -2.10. The summed E-state index contributed by atoms with van der Waals surface area (Å²) in [6.45, 7) is 3.17. The molecule has 0 saturated heterocycles. The average molecular weight is 256 g/mol. The summed E-state index contributed by atoms with van der Waals surface area (Å²) in [6, 6.07) is 8.34. The van der Waals surface area contributed by atoms with Gasteiger partial charge in [-0.2, -0.15) is 17.9 Å². The van der Waals surface area contributed by atoms with Crippen molar-refractivity contribution in [3.05, 3.63) is 35.9 Å². The summed E-state index contributed by atoms with van der Waals surface area (Å²) < 4.78 is 27.3. The van der Waals surface area contributed by atoms with Gasteiger partial charge in [0.1, 0.15) is 0 Å². The Balaban J connectivity index is 2.55. The fourth-order valence-electron chi connectivity index (χ4n) is 1.24. The van der Waals surface area contributed by atoms with E-state index in [1.807, 2.05) is 0 Å². The number of ketones is 1. The second-order valence-electron chi connectivity index (χ2n) is 3.89. The Hall–Kier alpha value is -1.24. The minimum absolute atomic E-state index is 0.209. The molecule has 17 heavy (non-hydrogen) atoms. The van der Waals surface area contributed by atoms with Gasteiger partial charge in [-0.3, -0.25) is 4.79 Å². The number of hydrogen-bond acceptors (Lipinski definition) is 3. The number of carbonyl (C=O) groups is 1. The van der Waals surface area contributed by atoms with Crippen LogP contribution in [-0.4, -0.2) is 26.8 Å². The Morgan fingerprint density at radius 1 is 1.24 bits per heavy atom. The van der Waals surface area contributed by atoms with Crippen LogP contribution in [0, 0.1) is 0 Å². The summed E-state index contributed by atoms with van der Waals surface area (Å²) in [5.74, 6) is -0.264. The van der Waals surface area contributed by atoms with E-state index in [1.54, 1.807) is 44.2 Å². The fraction of sp³-hybridized carbons (Fsp3) is 0.364. The van der Waals surface area contributed by atoms with Gasteiger partial charge in [0.15, 0.2) is 5.78 Å². The van der Waals surface area contributed by atoms with Gasteiger partial charge in [0, 0.05) is 11.6 Å². The van der Waals surface area contributed by atoms with Gasteiger partial charge in [0.2, 0.25) is 0 Å². The van der Waals surface area contributed by atoms with E-state index in [0.717, 1.165) is 0 Å². The van der Waals surface area contributed by atoms with E-state index in [1.165, 1.54) is 0 Å². The Bertz CT molecular complexity index is 469. The first-order valence-electron chi connectivity index (χ1n) is 5.26. The van der Waals surface area contributed by atoms with E-state index in [-0.39, 0.29) is 18.4 Å².